The minimum absolute atomic E-state index is 0.842. The highest BCUT2D eigenvalue weighted by Gasteiger charge is 2.10. The molecule has 0 unspecified atom stereocenters. The predicted molar refractivity (Wildman–Crippen MR) is 191 cm³/mol. The van der Waals surface area contributed by atoms with E-state index in [2.05, 4.69) is 177 Å². The first-order chi connectivity index (χ1) is 21.5. The Bertz CT molecular complexity index is 1990. The van der Waals surface area contributed by atoms with Crippen molar-refractivity contribution in [1.82, 2.24) is 4.57 Å². The predicted octanol–water partition coefficient (Wildman–Crippen LogP) is 11.7. The lowest BCUT2D eigenvalue weighted by Crippen LogP contribution is -1.97. The summed E-state index contributed by atoms with van der Waals surface area (Å²) in [7, 11) is 0. The van der Waals surface area contributed by atoms with E-state index >= 15 is 0 Å². The maximum atomic E-state index is 3.78. The molecule has 0 aliphatic rings. The van der Waals surface area contributed by atoms with Gasteiger partial charge >= 0.3 is 0 Å². The van der Waals surface area contributed by atoms with E-state index in [4.69, 9.17) is 0 Å². The highest BCUT2D eigenvalue weighted by atomic mass is 15.0. The molecule has 0 aliphatic carbocycles. The SMILES string of the molecule is CCC(C)=Cc1ccccc1Nc1cc(C/C=C\c2ccccc2C)cc(-c2cc(C)cc(-n3ccc4ccccc43)c2)c1. The van der Waals surface area contributed by atoms with Crippen molar-refractivity contribution in [3.8, 4) is 16.8 Å². The number of aromatic nitrogens is 1. The van der Waals surface area contributed by atoms with Crippen LogP contribution in [-0.2, 0) is 6.42 Å². The lowest BCUT2D eigenvalue weighted by Gasteiger charge is -2.15. The van der Waals surface area contributed by atoms with E-state index in [-0.39, 0.29) is 0 Å². The van der Waals surface area contributed by atoms with E-state index in [1.165, 1.54) is 61.1 Å². The van der Waals surface area contributed by atoms with Crippen molar-refractivity contribution in [3.05, 3.63) is 161 Å². The Morgan fingerprint density at radius 3 is 2.34 bits per heavy atom. The molecule has 1 heterocycles. The van der Waals surface area contributed by atoms with Gasteiger partial charge in [0.2, 0.25) is 0 Å². The topological polar surface area (TPSA) is 17.0 Å². The van der Waals surface area contributed by atoms with Crippen molar-refractivity contribution < 1.29 is 0 Å². The molecule has 0 spiro atoms. The molecule has 2 heteroatoms. The zero-order valence-electron chi connectivity index (χ0n) is 26.1. The van der Waals surface area contributed by atoms with E-state index in [0.717, 1.165) is 24.2 Å². The largest absolute Gasteiger partial charge is 0.355 e. The molecule has 0 saturated carbocycles. The quantitative estimate of drug-likeness (QED) is 0.182. The van der Waals surface area contributed by atoms with Crippen molar-refractivity contribution in [3.63, 3.8) is 0 Å². The summed E-state index contributed by atoms with van der Waals surface area (Å²) < 4.78 is 2.29. The number of aryl methyl sites for hydroxylation is 2. The third-order valence-electron chi connectivity index (χ3n) is 8.30. The van der Waals surface area contributed by atoms with E-state index < -0.39 is 0 Å². The molecule has 218 valence electrons. The maximum absolute atomic E-state index is 3.78. The van der Waals surface area contributed by atoms with Crippen LogP contribution in [0.25, 0.3) is 39.9 Å². The summed E-state index contributed by atoms with van der Waals surface area (Å²) in [5.74, 6) is 0. The average Bonchev–Trinajstić information content (AvgIpc) is 3.47. The van der Waals surface area contributed by atoms with Gasteiger partial charge in [0, 0.05) is 23.3 Å². The van der Waals surface area contributed by atoms with Gasteiger partial charge in [-0.05, 0) is 120 Å². The first-order valence-electron chi connectivity index (χ1n) is 15.5. The van der Waals surface area contributed by atoms with Gasteiger partial charge in [0.25, 0.3) is 0 Å². The van der Waals surface area contributed by atoms with Crippen LogP contribution in [0.2, 0.25) is 0 Å². The molecule has 0 amide bonds. The van der Waals surface area contributed by atoms with Gasteiger partial charge in [-0.15, -0.1) is 0 Å². The van der Waals surface area contributed by atoms with E-state index in [1.807, 2.05) is 0 Å². The number of fused-ring (bicyclic) bond motifs is 1. The number of anilines is 2. The fraction of sp³-hybridized carbons (Fsp3) is 0.143. The summed E-state index contributed by atoms with van der Waals surface area (Å²) in [6.45, 7) is 8.75. The fourth-order valence-corrected chi connectivity index (χ4v) is 5.78. The van der Waals surface area contributed by atoms with Gasteiger partial charge in [-0.2, -0.15) is 0 Å². The zero-order valence-corrected chi connectivity index (χ0v) is 26.1. The first-order valence-corrected chi connectivity index (χ1v) is 15.5. The number of allylic oxidation sites excluding steroid dienone is 2. The minimum atomic E-state index is 0.842. The highest BCUT2D eigenvalue weighted by Crippen LogP contribution is 2.32. The molecule has 0 saturated heterocycles. The number of hydrogen-bond acceptors (Lipinski definition) is 1. The third kappa shape index (κ3) is 6.61. The molecule has 0 fully saturated rings. The second-order valence-corrected chi connectivity index (χ2v) is 11.7. The fourth-order valence-electron chi connectivity index (χ4n) is 5.78. The molecular formula is C42H40N2. The van der Waals surface area contributed by atoms with Crippen molar-refractivity contribution >= 4 is 34.4 Å². The molecule has 0 radical (unpaired) electrons. The zero-order chi connectivity index (χ0) is 30.5. The van der Waals surface area contributed by atoms with Gasteiger partial charge in [-0.3, -0.25) is 0 Å². The smallest absolute Gasteiger partial charge is 0.0528 e. The Morgan fingerprint density at radius 1 is 0.750 bits per heavy atom. The number of para-hydroxylation sites is 2. The molecule has 6 rings (SSSR count). The van der Waals surface area contributed by atoms with Gasteiger partial charge in [-0.1, -0.05) is 104 Å². The average molecular weight is 573 g/mol. The molecule has 1 N–H and O–H groups in total. The van der Waals surface area contributed by atoms with Crippen molar-refractivity contribution in [2.45, 2.75) is 40.5 Å². The van der Waals surface area contributed by atoms with Crippen molar-refractivity contribution in [2.24, 2.45) is 0 Å². The second-order valence-electron chi connectivity index (χ2n) is 11.7. The van der Waals surface area contributed by atoms with E-state index in [1.54, 1.807) is 0 Å². The molecule has 1 aromatic heterocycles. The molecule has 0 aliphatic heterocycles. The van der Waals surface area contributed by atoms with Crippen LogP contribution in [0.5, 0.6) is 0 Å². The van der Waals surface area contributed by atoms with Crippen molar-refractivity contribution in [2.75, 3.05) is 5.32 Å². The molecule has 0 bridgehead atoms. The Hall–Kier alpha value is -5.08. The third-order valence-corrected chi connectivity index (χ3v) is 8.30. The van der Waals surface area contributed by atoms with E-state index in [0.29, 0.717) is 0 Å². The van der Waals surface area contributed by atoms with E-state index in [9.17, 15) is 0 Å². The monoisotopic (exact) mass is 572 g/mol. The first kappa shape index (κ1) is 29.0. The summed E-state index contributed by atoms with van der Waals surface area (Å²) in [5, 5.41) is 5.02. The van der Waals surface area contributed by atoms with Gasteiger partial charge in [0.15, 0.2) is 0 Å². The summed E-state index contributed by atoms with van der Waals surface area (Å²) in [5.41, 5.74) is 14.6. The lowest BCUT2D eigenvalue weighted by molar-refractivity contribution is 1.11. The number of nitrogens with zero attached hydrogens (tertiary/aromatic N) is 1. The lowest BCUT2D eigenvalue weighted by atomic mass is 9.97. The molecule has 6 aromatic rings. The summed E-state index contributed by atoms with van der Waals surface area (Å²) >= 11 is 0. The van der Waals surface area contributed by atoms with Crippen molar-refractivity contribution in [1.29, 1.82) is 0 Å². The van der Waals surface area contributed by atoms with Crippen LogP contribution in [0.4, 0.5) is 11.4 Å². The van der Waals surface area contributed by atoms with Crippen LogP contribution in [0.3, 0.4) is 0 Å². The number of nitrogens with one attached hydrogen (secondary N) is 1. The van der Waals surface area contributed by atoms with Gasteiger partial charge in [-0.25, -0.2) is 0 Å². The number of hydrogen-bond donors (Lipinski definition) is 1. The van der Waals surface area contributed by atoms with Crippen LogP contribution < -0.4 is 5.32 Å². The maximum Gasteiger partial charge on any atom is 0.0528 e. The molecule has 0 atom stereocenters. The Balaban J connectivity index is 1.41. The molecule has 2 nitrogen and oxygen atoms in total. The summed E-state index contributed by atoms with van der Waals surface area (Å²) in [4.78, 5) is 0. The molecule has 5 aromatic carbocycles. The van der Waals surface area contributed by atoms with Crippen LogP contribution in [0.1, 0.15) is 48.1 Å². The molecular weight excluding hydrogens is 532 g/mol. The summed E-state index contributed by atoms with van der Waals surface area (Å²) in [6.07, 6.45) is 10.9. The Kier molecular flexibility index (Phi) is 8.61. The Labute approximate surface area is 262 Å². The summed E-state index contributed by atoms with van der Waals surface area (Å²) in [6, 6.07) is 41.6. The second kappa shape index (κ2) is 13.1. The Morgan fingerprint density at radius 2 is 1.50 bits per heavy atom. The standard InChI is InChI=1S/C42H40N2/c1-5-30(2)23-36-17-8-10-19-41(36)43-39-27-33(14-12-18-34-15-7-6-13-32(34)4)26-38(28-39)37-24-31(3)25-40(29-37)44-22-21-35-16-9-11-20-42(35)44/h6-13,15-29,43H,5,14H2,1-4H3/b18-12-,30-23?. The normalized spacial score (nSPS) is 11.9. The molecule has 44 heavy (non-hydrogen) atoms. The van der Waals surface area contributed by atoms with Crippen LogP contribution >= 0.6 is 0 Å². The van der Waals surface area contributed by atoms with Crippen LogP contribution in [0, 0.1) is 13.8 Å². The number of benzene rings is 5. The van der Waals surface area contributed by atoms with Gasteiger partial charge in [0.05, 0.1) is 5.52 Å². The number of rotatable bonds is 9. The van der Waals surface area contributed by atoms with Crippen LogP contribution in [-0.4, -0.2) is 4.57 Å². The van der Waals surface area contributed by atoms with Gasteiger partial charge in [0.1, 0.15) is 0 Å². The highest BCUT2D eigenvalue weighted by molar-refractivity contribution is 5.83. The van der Waals surface area contributed by atoms with Gasteiger partial charge < -0.3 is 9.88 Å². The van der Waals surface area contributed by atoms with Crippen LogP contribution in [0.15, 0.2) is 133 Å². The minimum Gasteiger partial charge on any atom is -0.355 e.